The Bertz CT molecular complexity index is 1360. The van der Waals surface area contributed by atoms with Gasteiger partial charge in [0, 0.05) is 17.5 Å². The SMILES string of the molecule is COc1cc(C=Cc2ccc(S(C)(=O)=O)cc2)ccc1C=Cc1ccc(NC(=O)OC(C)(C)C)cc1. The van der Waals surface area contributed by atoms with Gasteiger partial charge in [0.05, 0.1) is 12.0 Å². The molecule has 0 aliphatic carbocycles. The summed E-state index contributed by atoms with van der Waals surface area (Å²) in [5, 5.41) is 2.72. The van der Waals surface area contributed by atoms with Gasteiger partial charge in [0.25, 0.3) is 0 Å². The van der Waals surface area contributed by atoms with Crippen LogP contribution in [0.15, 0.2) is 71.6 Å². The summed E-state index contributed by atoms with van der Waals surface area (Å²) in [6.07, 6.45) is 8.50. The van der Waals surface area contributed by atoms with E-state index in [1.54, 1.807) is 31.4 Å². The summed E-state index contributed by atoms with van der Waals surface area (Å²) < 4.78 is 34.1. The number of carbonyl (C=O) groups is 1. The summed E-state index contributed by atoms with van der Waals surface area (Å²) in [6, 6.07) is 20.1. The van der Waals surface area contributed by atoms with Gasteiger partial charge in [0.2, 0.25) is 0 Å². The minimum Gasteiger partial charge on any atom is -0.496 e. The second-order valence-electron chi connectivity index (χ2n) is 9.26. The fraction of sp³-hybridized carbons (Fsp3) is 0.207. The molecule has 0 bridgehead atoms. The molecule has 0 heterocycles. The maximum Gasteiger partial charge on any atom is 0.412 e. The number of anilines is 1. The van der Waals surface area contributed by atoms with E-state index >= 15 is 0 Å². The van der Waals surface area contributed by atoms with Gasteiger partial charge in [-0.25, -0.2) is 13.2 Å². The van der Waals surface area contributed by atoms with Gasteiger partial charge in [0.15, 0.2) is 9.84 Å². The molecule has 0 radical (unpaired) electrons. The first-order valence-electron chi connectivity index (χ1n) is 11.4. The van der Waals surface area contributed by atoms with Gasteiger partial charge in [-0.3, -0.25) is 5.32 Å². The first-order chi connectivity index (χ1) is 16.9. The van der Waals surface area contributed by atoms with Gasteiger partial charge in [-0.1, -0.05) is 60.7 Å². The number of amides is 1. The number of methoxy groups -OCH3 is 1. The van der Waals surface area contributed by atoms with Crippen molar-refractivity contribution in [1.29, 1.82) is 0 Å². The highest BCUT2D eigenvalue weighted by Crippen LogP contribution is 2.24. The van der Waals surface area contributed by atoms with Gasteiger partial charge >= 0.3 is 6.09 Å². The first kappa shape index (κ1) is 26.8. The Balaban J connectivity index is 1.67. The average molecular weight is 506 g/mol. The molecule has 3 aromatic rings. The summed E-state index contributed by atoms with van der Waals surface area (Å²) in [5.41, 5.74) is 3.84. The second-order valence-corrected chi connectivity index (χ2v) is 11.3. The van der Waals surface area contributed by atoms with Crippen LogP contribution in [0, 0.1) is 0 Å². The number of sulfone groups is 1. The molecule has 6 nitrogen and oxygen atoms in total. The second kappa shape index (κ2) is 11.3. The largest absolute Gasteiger partial charge is 0.496 e. The summed E-state index contributed by atoms with van der Waals surface area (Å²) >= 11 is 0. The van der Waals surface area contributed by atoms with E-state index in [9.17, 15) is 13.2 Å². The number of hydrogen-bond donors (Lipinski definition) is 1. The van der Waals surface area contributed by atoms with Gasteiger partial charge in [-0.05, 0) is 67.8 Å². The van der Waals surface area contributed by atoms with Crippen LogP contribution in [0.4, 0.5) is 10.5 Å². The minimum absolute atomic E-state index is 0.298. The lowest BCUT2D eigenvalue weighted by Gasteiger charge is -2.19. The average Bonchev–Trinajstić information content (AvgIpc) is 2.81. The van der Waals surface area contributed by atoms with E-state index in [0.717, 1.165) is 28.0 Å². The summed E-state index contributed by atoms with van der Waals surface area (Å²) in [7, 11) is -1.58. The number of rotatable bonds is 7. The van der Waals surface area contributed by atoms with Gasteiger partial charge in [-0.15, -0.1) is 0 Å². The Hall–Kier alpha value is -3.84. The van der Waals surface area contributed by atoms with Crippen LogP contribution >= 0.6 is 0 Å². The van der Waals surface area contributed by atoms with Crippen LogP contribution in [0.5, 0.6) is 5.75 Å². The fourth-order valence-corrected chi connectivity index (χ4v) is 3.90. The van der Waals surface area contributed by atoms with Crippen molar-refractivity contribution in [2.45, 2.75) is 31.3 Å². The zero-order valence-electron chi connectivity index (χ0n) is 21.1. The summed E-state index contributed by atoms with van der Waals surface area (Å²) in [6.45, 7) is 5.45. The van der Waals surface area contributed by atoms with Crippen molar-refractivity contribution >= 4 is 45.9 Å². The number of hydrogen-bond acceptors (Lipinski definition) is 5. The Morgan fingerprint density at radius 2 is 1.33 bits per heavy atom. The van der Waals surface area contributed by atoms with Crippen molar-refractivity contribution in [2.75, 3.05) is 18.7 Å². The van der Waals surface area contributed by atoms with Crippen molar-refractivity contribution in [3.63, 3.8) is 0 Å². The molecule has 188 valence electrons. The van der Waals surface area contributed by atoms with E-state index < -0.39 is 21.5 Å². The molecular formula is C29H31NO5S. The molecule has 0 unspecified atom stereocenters. The normalized spacial score (nSPS) is 12.1. The van der Waals surface area contributed by atoms with Crippen molar-refractivity contribution in [2.24, 2.45) is 0 Å². The topological polar surface area (TPSA) is 81.7 Å². The Kier molecular flexibility index (Phi) is 8.37. The molecule has 36 heavy (non-hydrogen) atoms. The maximum atomic E-state index is 11.9. The monoisotopic (exact) mass is 505 g/mol. The Morgan fingerprint density at radius 1 is 0.806 bits per heavy atom. The molecule has 0 saturated heterocycles. The summed E-state index contributed by atoms with van der Waals surface area (Å²) in [4.78, 5) is 12.2. The molecule has 0 fully saturated rings. The molecule has 7 heteroatoms. The number of ether oxygens (including phenoxy) is 2. The van der Waals surface area contributed by atoms with Crippen LogP contribution in [-0.2, 0) is 14.6 Å². The predicted octanol–water partition coefficient (Wildman–Crippen LogP) is 6.79. The molecule has 0 aliphatic rings. The Labute approximate surface area is 213 Å². The zero-order chi connectivity index (χ0) is 26.3. The van der Waals surface area contributed by atoms with E-state index in [1.165, 1.54) is 6.26 Å². The fourth-order valence-electron chi connectivity index (χ4n) is 3.27. The van der Waals surface area contributed by atoms with Crippen LogP contribution in [0.25, 0.3) is 24.3 Å². The third kappa shape index (κ3) is 8.13. The highest BCUT2D eigenvalue weighted by molar-refractivity contribution is 7.90. The minimum atomic E-state index is -3.21. The van der Waals surface area contributed by atoms with E-state index in [-0.39, 0.29) is 0 Å². The van der Waals surface area contributed by atoms with Gasteiger partial charge in [-0.2, -0.15) is 0 Å². The third-order valence-electron chi connectivity index (χ3n) is 5.05. The first-order valence-corrected chi connectivity index (χ1v) is 13.3. The Morgan fingerprint density at radius 3 is 1.89 bits per heavy atom. The standard InChI is InChI=1S/C29H31NO5S/c1-29(2,3)35-28(31)30-25-16-10-22(11-17-25)8-14-24-15-9-23(20-27(24)34-4)7-6-21-12-18-26(19-13-21)36(5,32)33/h6-20H,1-5H3,(H,30,31). The lowest BCUT2D eigenvalue weighted by atomic mass is 10.1. The smallest absolute Gasteiger partial charge is 0.412 e. The zero-order valence-corrected chi connectivity index (χ0v) is 21.9. The van der Waals surface area contributed by atoms with Gasteiger partial charge < -0.3 is 9.47 Å². The van der Waals surface area contributed by atoms with Gasteiger partial charge in [0.1, 0.15) is 11.4 Å². The highest BCUT2D eigenvalue weighted by Gasteiger charge is 2.16. The number of carbonyl (C=O) groups excluding carboxylic acids is 1. The maximum absolute atomic E-state index is 11.9. The molecule has 0 aliphatic heterocycles. The van der Waals surface area contributed by atoms with Crippen LogP contribution in [0.3, 0.4) is 0 Å². The molecule has 0 aromatic heterocycles. The molecule has 1 amide bonds. The number of nitrogens with one attached hydrogen (secondary N) is 1. The molecule has 1 N–H and O–H groups in total. The van der Waals surface area contributed by atoms with Crippen LogP contribution in [0.2, 0.25) is 0 Å². The van der Waals surface area contributed by atoms with Crippen LogP contribution in [0.1, 0.15) is 43.0 Å². The molecule has 3 rings (SSSR count). The molecule has 0 spiro atoms. The van der Waals surface area contributed by atoms with Crippen LogP contribution in [-0.4, -0.2) is 33.5 Å². The molecule has 3 aromatic carbocycles. The summed E-state index contributed by atoms with van der Waals surface area (Å²) in [5.74, 6) is 0.726. The highest BCUT2D eigenvalue weighted by atomic mass is 32.2. The lowest BCUT2D eigenvalue weighted by Crippen LogP contribution is -2.27. The van der Waals surface area contributed by atoms with Crippen molar-refractivity contribution < 1.29 is 22.7 Å². The van der Waals surface area contributed by atoms with E-state index in [4.69, 9.17) is 9.47 Å². The van der Waals surface area contributed by atoms with Crippen molar-refractivity contribution in [3.05, 3.63) is 89.0 Å². The quantitative estimate of drug-likeness (QED) is 0.358. The van der Waals surface area contributed by atoms with E-state index in [0.29, 0.717) is 10.6 Å². The lowest BCUT2D eigenvalue weighted by molar-refractivity contribution is 0.0636. The third-order valence-corrected chi connectivity index (χ3v) is 6.17. The van der Waals surface area contributed by atoms with Crippen molar-refractivity contribution in [1.82, 2.24) is 0 Å². The molecule has 0 atom stereocenters. The van der Waals surface area contributed by atoms with E-state index in [1.807, 2.05) is 87.5 Å². The molecular weight excluding hydrogens is 474 g/mol. The predicted molar refractivity (Wildman–Crippen MR) is 147 cm³/mol. The van der Waals surface area contributed by atoms with E-state index in [2.05, 4.69) is 5.32 Å². The number of benzene rings is 3. The van der Waals surface area contributed by atoms with Crippen LogP contribution < -0.4 is 10.1 Å². The molecule has 0 saturated carbocycles. The van der Waals surface area contributed by atoms with Crippen molar-refractivity contribution in [3.8, 4) is 5.75 Å².